The number of azo groups is 1. The zero-order chi connectivity index (χ0) is 43.4. The molecule has 10 rings (SSSR count). The van der Waals surface area contributed by atoms with Gasteiger partial charge in [0.2, 0.25) is 23.6 Å². The van der Waals surface area contributed by atoms with Crippen molar-refractivity contribution in [1.82, 2.24) is 9.78 Å². The highest BCUT2D eigenvalue weighted by atomic mass is 35.5. The molecule has 1 saturated carbocycles. The van der Waals surface area contributed by atoms with Crippen LogP contribution in [0.1, 0.15) is 36.8 Å². The summed E-state index contributed by atoms with van der Waals surface area (Å²) in [6.45, 7) is 3.81. The van der Waals surface area contributed by atoms with E-state index in [9.17, 15) is 19.5 Å². The number of rotatable bonds is 7. The van der Waals surface area contributed by atoms with Crippen molar-refractivity contribution in [2.75, 3.05) is 28.8 Å². The van der Waals surface area contributed by atoms with Gasteiger partial charge in [-0.05, 0) is 116 Å². The number of fused-ring (bicyclic) bond motifs is 5. The molecule has 4 aliphatic rings. The highest BCUT2D eigenvalue weighted by Crippen LogP contribution is 2.64. The lowest BCUT2D eigenvalue weighted by atomic mass is 9.51. The van der Waals surface area contributed by atoms with Gasteiger partial charge in [-0.1, -0.05) is 41.4 Å². The van der Waals surface area contributed by atoms with Crippen molar-refractivity contribution in [3.63, 3.8) is 0 Å². The Morgan fingerprint density at radius 1 is 0.855 bits per heavy atom. The highest BCUT2D eigenvalue weighted by molar-refractivity contribution is 7.22. The molecule has 2 saturated heterocycles. The molecule has 6 atom stereocenters. The zero-order valence-corrected chi connectivity index (χ0v) is 36.2. The Balaban J connectivity index is 0.983. The van der Waals surface area contributed by atoms with Crippen LogP contribution >= 0.6 is 22.9 Å². The van der Waals surface area contributed by atoms with Crippen LogP contribution in [0.4, 0.5) is 28.6 Å². The second-order valence-corrected chi connectivity index (χ2v) is 18.6. The fourth-order valence-corrected chi connectivity index (χ4v) is 11.7. The lowest BCUT2D eigenvalue weighted by Gasteiger charge is -2.49. The molecule has 2 aliphatic heterocycles. The molecule has 4 amide bonds. The summed E-state index contributed by atoms with van der Waals surface area (Å²) >= 11 is 7.90. The lowest BCUT2D eigenvalue weighted by molar-refractivity contribution is -0.131. The molecule has 312 valence electrons. The number of anilines is 3. The van der Waals surface area contributed by atoms with Crippen LogP contribution in [0.25, 0.3) is 20.7 Å². The SMILES string of the molecule is Cc1c(-c2cc(N3C(=O)[C@@H]4C[C@@H]5C(=CC[C@@H]6C(=O)N(c7ccc(N=Nc8ccc(N(C)C)cc8)cc7)C(=O)[C@@H]65)[C@H](c5ccccc5O)[C@]4(C)C3=O)n(C)n2)sc2ccc(Cl)cc12. The summed E-state index contributed by atoms with van der Waals surface area (Å²) in [7, 11) is 5.65. The standard InChI is InChI=1S/C48H42ClN7O5S/c1-25-34-22-26(49)10-21-39(34)62-43(25)37-24-40(54(5)52-37)56-45(59)36-23-35-31(42(48(36,2)47(56)61)32-8-6-7-9-38(32)57)19-20-33-41(35)46(60)55(44(33)58)30-17-13-28(14-18-30)51-50-27-11-15-29(16-12-27)53(3)4/h6-19,21-22,24,33,35-36,41-42,57H,20,23H2,1-5H3/t33-,35+,36-,41-,42+,48+/m0/s1. The van der Waals surface area contributed by atoms with Gasteiger partial charge in [0.1, 0.15) is 17.3 Å². The van der Waals surface area contributed by atoms with E-state index in [1.54, 1.807) is 84.6 Å². The predicted molar refractivity (Wildman–Crippen MR) is 240 cm³/mol. The van der Waals surface area contributed by atoms with Gasteiger partial charge in [-0.15, -0.1) is 11.3 Å². The molecule has 4 aromatic carbocycles. The van der Waals surface area contributed by atoms with Crippen LogP contribution in [-0.2, 0) is 26.2 Å². The number of hydrogen-bond donors (Lipinski definition) is 1. The molecule has 3 fully saturated rings. The van der Waals surface area contributed by atoms with E-state index in [0.29, 0.717) is 39.2 Å². The van der Waals surface area contributed by atoms with Gasteiger partial charge >= 0.3 is 0 Å². The first-order valence-electron chi connectivity index (χ1n) is 20.5. The summed E-state index contributed by atoms with van der Waals surface area (Å²) < 4.78 is 2.60. The van der Waals surface area contributed by atoms with Crippen molar-refractivity contribution >= 4 is 85.2 Å². The second kappa shape index (κ2) is 14.6. The van der Waals surface area contributed by atoms with E-state index < -0.39 is 46.8 Å². The number of carbonyl (C=O) groups is 4. The van der Waals surface area contributed by atoms with Crippen LogP contribution in [0.15, 0.2) is 119 Å². The molecule has 0 unspecified atom stereocenters. The topological polar surface area (TPSA) is 141 Å². The van der Waals surface area contributed by atoms with Gasteiger partial charge in [-0.3, -0.25) is 28.8 Å². The molecule has 4 heterocycles. The van der Waals surface area contributed by atoms with Crippen LogP contribution in [0.5, 0.6) is 5.75 Å². The number of phenolic OH excluding ortho intramolecular Hbond substituents is 1. The highest BCUT2D eigenvalue weighted by Gasteiger charge is 2.68. The van der Waals surface area contributed by atoms with Gasteiger partial charge in [0.15, 0.2) is 0 Å². The minimum atomic E-state index is -1.33. The Morgan fingerprint density at radius 3 is 2.24 bits per heavy atom. The van der Waals surface area contributed by atoms with Crippen molar-refractivity contribution in [3.8, 4) is 16.3 Å². The van der Waals surface area contributed by atoms with Crippen LogP contribution in [-0.4, -0.2) is 52.6 Å². The van der Waals surface area contributed by atoms with E-state index in [-0.39, 0.29) is 30.4 Å². The van der Waals surface area contributed by atoms with Crippen molar-refractivity contribution in [2.24, 2.45) is 46.4 Å². The summed E-state index contributed by atoms with van der Waals surface area (Å²) in [6.07, 6.45) is 2.43. The molecule has 1 N–H and O–H groups in total. The third kappa shape index (κ3) is 5.96. The number of amides is 4. The number of allylic oxidation sites excluding steroid dienone is 2. The summed E-state index contributed by atoms with van der Waals surface area (Å²) in [5.41, 5.74) is 4.28. The maximum Gasteiger partial charge on any atom is 0.242 e. The number of imide groups is 2. The number of halogens is 1. The summed E-state index contributed by atoms with van der Waals surface area (Å²) in [6, 6.07) is 28.9. The Labute approximate surface area is 366 Å². The van der Waals surface area contributed by atoms with E-state index in [1.807, 2.05) is 74.5 Å². The number of phenols is 1. The number of para-hydroxylation sites is 1. The monoisotopic (exact) mass is 863 g/mol. The van der Waals surface area contributed by atoms with Crippen molar-refractivity contribution in [2.45, 2.75) is 32.6 Å². The molecule has 2 aromatic heterocycles. The largest absolute Gasteiger partial charge is 0.508 e. The second-order valence-electron chi connectivity index (χ2n) is 17.1. The quantitative estimate of drug-likeness (QED) is 0.0957. The predicted octanol–water partition coefficient (Wildman–Crippen LogP) is 9.89. The van der Waals surface area contributed by atoms with Crippen LogP contribution in [0.2, 0.25) is 5.02 Å². The van der Waals surface area contributed by atoms with Gasteiger partial charge in [0.05, 0.1) is 45.1 Å². The van der Waals surface area contributed by atoms with Crippen molar-refractivity contribution < 1.29 is 24.3 Å². The summed E-state index contributed by atoms with van der Waals surface area (Å²) in [5, 5.41) is 26.6. The lowest BCUT2D eigenvalue weighted by Crippen LogP contribution is -2.49. The summed E-state index contributed by atoms with van der Waals surface area (Å²) in [5.74, 6) is -4.74. The normalized spacial score (nSPS) is 24.5. The van der Waals surface area contributed by atoms with Gasteiger partial charge in [-0.2, -0.15) is 15.3 Å². The van der Waals surface area contributed by atoms with Crippen LogP contribution < -0.4 is 14.7 Å². The molecular formula is C48H42ClN7O5S. The van der Waals surface area contributed by atoms with E-state index in [0.717, 1.165) is 31.8 Å². The number of thiophene rings is 1. The van der Waals surface area contributed by atoms with E-state index in [4.69, 9.17) is 16.7 Å². The molecule has 0 bridgehead atoms. The molecule has 6 aromatic rings. The number of carbonyl (C=O) groups excluding carboxylic acids is 4. The first kappa shape index (κ1) is 39.7. The number of benzene rings is 4. The van der Waals surface area contributed by atoms with Crippen LogP contribution in [0, 0.1) is 36.0 Å². The van der Waals surface area contributed by atoms with Crippen molar-refractivity contribution in [3.05, 3.63) is 125 Å². The molecule has 14 heteroatoms. The van der Waals surface area contributed by atoms with Crippen molar-refractivity contribution in [1.29, 1.82) is 0 Å². The summed E-state index contributed by atoms with van der Waals surface area (Å²) in [4.78, 5) is 64.5. The van der Waals surface area contributed by atoms with E-state index in [1.165, 1.54) is 9.80 Å². The Bertz CT molecular complexity index is 2940. The Hall–Kier alpha value is -6.44. The third-order valence-corrected chi connectivity index (χ3v) is 15.0. The molecule has 0 radical (unpaired) electrons. The smallest absolute Gasteiger partial charge is 0.242 e. The van der Waals surface area contributed by atoms with E-state index in [2.05, 4.69) is 10.2 Å². The van der Waals surface area contributed by atoms with Crippen LogP contribution in [0.3, 0.4) is 0 Å². The number of aryl methyl sites for hydroxylation is 2. The average molecular weight is 864 g/mol. The number of aromatic hydroxyl groups is 1. The minimum Gasteiger partial charge on any atom is -0.508 e. The molecular weight excluding hydrogens is 822 g/mol. The Kier molecular flexibility index (Phi) is 9.34. The first-order chi connectivity index (χ1) is 29.8. The van der Waals surface area contributed by atoms with Gasteiger partial charge in [0.25, 0.3) is 0 Å². The maximum absolute atomic E-state index is 15.2. The van der Waals surface area contributed by atoms with Gasteiger partial charge in [0, 0.05) is 54.1 Å². The molecule has 12 nitrogen and oxygen atoms in total. The number of aromatic nitrogens is 2. The van der Waals surface area contributed by atoms with Gasteiger partial charge in [-0.25, -0.2) is 4.90 Å². The molecule has 2 aliphatic carbocycles. The fraction of sp³-hybridized carbons (Fsp3) is 0.271. The zero-order valence-electron chi connectivity index (χ0n) is 34.6. The minimum absolute atomic E-state index is 0.0127. The fourth-order valence-electron chi connectivity index (χ4n) is 10.4. The molecule has 62 heavy (non-hydrogen) atoms. The number of nitrogens with zero attached hydrogens (tertiary/aromatic N) is 7. The average Bonchev–Trinajstić information content (AvgIpc) is 3.93. The third-order valence-electron chi connectivity index (χ3n) is 13.5. The number of hydrogen-bond acceptors (Lipinski definition) is 10. The Morgan fingerprint density at radius 2 is 1.55 bits per heavy atom. The van der Waals surface area contributed by atoms with Gasteiger partial charge < -0.3 is 10.0 Å². The van der Waals surface area contributed by atoms with E-state index >= 15 is 4.79 Å². The molecule has 0 spiro atoms. The first-order valence-corrected chi connectivity index (χ1v) is 21.7. The maximum atomic E-state index is 15.2.